The lowest BCUT2D eigenvalue weighted by atomic mass is 10.1. The van der Waals surface area contributed by atoms with E-state index in [4.69, 9.17) is 10.5 Å². The Bertz CT molecular complexity index is 661. The number of rotatable bonds is 5. The molecular weight excluding hydrogens is 276 g/mol. The number of aryl methyl sites for hydroxylation is 3. The zero-order valence-electron chi connectivity index (χ0n) is 13.3. The Kier molecular flexibility index (Phi) is 5.04. The van der Waals surface area contributed by atoms with E-state index in [1.165, 1.54) is 0 Å². The lowest BCUT2D eigenvalue weighted by Crippen LogP contribution is -2.28. The fourth-order valence-corrected chi connectivity index (χ4v) is 2.32. The second-order valence-electron chi connectivity index (χ2n) is 5.40. The number of benzene rings is 2. The first-order valence-corrected chi connectivity index (χ1v) is 7.32. The Morgan fingerprint density at radius 1 is 1.09 bits per heavy atom. The molecule has 1 amide bonds. The van der Waals surface area contributed by atoms with Gasteiger partial charge in [-0.25, -0.2) is 0 Å². The van der Waals surface area contributed by atoms with Gasteiger partial charge in [-0.1, -0.05) is 24.3 Å². The number of anilines is 1. The van der Waals surface area contributed by atoms with Gasteiger partial charge in [0.25, 0.3) is 5.91 Å². The van der Waals surface area contributed by atoms with Gasteiger partial charge < -0.3 is 15.8 Å². The molecule has 2 aromatic carbocycles. The van der Waals surface area contributed by atoms with Gasteiger partial charge in [0.1, 0.15) is 12.4 Å². The molecule has 2 aromatic rings. The molecule has 3 N–H and O–H groups in total. The number of hydrogen-bond donors (Lipinski definition) is 2. The summed E-state index contributed by atoms with van der Waals surface area (Å²) in [5.74, 6) is 0.756. The van der Waals surface area contributed by atoms with Crippen molar-refractivity contribution in [2.75, 3.05) is 18.9 Å². The molecule has 0 saturated heterocycles. The van der Waals surface area contributed by atoms with E-state index in [-0.39, 0.29) is 5.91 Å². The summed E-state index contributed by atoms with van der Waals surface area (Å²) < 4.78 is 5.77. The molecule has 0 fully saturated rings. The van der Waals surface area contributed by atoms with Gasteiger partial charge in [-0.05, 0) is 49.6 Å². The minimum Gasteiger partial charge on any atom is -0.491 e. The quantitative estimate of drug-likeness (QED) is 0.659. The van der Waals surface area contributed by atoms with Crippen LogP contribution in [0.15, 0.2) is 36.4 Å². The van der Waals surface area contributed by atoms with Crippen LogP contribution in [0.25, 0.3) is 0 Å². The Hall–Kier alpha value is -2.49. The van der Waals surface area contributed by atoms with Crippen molar-refractivity contribution in [3.8, 4) is 5.75 Å². The summed E-state index contributed by atoms with van der Waals surface area (Å²) in [5.41, 5.74) is 10.0. The number of ether oxygens (including phenoxy) is 1. The van der Waals surface area contributed by atoms with E-state index in [0.29, 0.717) is 24.4 Å². The van der Waals surface area contributed by atoms with Gasteiger partial charge in [-0.2, -0.15) is 0 Å². The standard InChI is InChI=1S/C18H22N2O2/c1-12-7-8-15(19)11-16(12)18(21)20-9-10-22-17-13(2)5-4-6-14(17)3/h4-8,11H,9-10,19H2,1-3H3,(H,20,21). The average Bonchev–Trinajstić information content (AvgIpc) is 2.48. The number of nitrogen functional groups attached to an aromatic ring is 1. The van der Waals surface area contributed by atoms with Crippen LogP contribution in [0, 0.1) is 20.8 Å². The maximum absolute atomic E-state index is 12.1. The highest BCUT2D eigenvalue weighted by Crippen LogP contribution is 2.21. The van der Waals surface area contributed by atoms with Crippen molar-refractivity contribution >= 4 is 11.6 Å². The van der Waals surface area contributed by atoms with Crippen LogP contribution in [0.1, 0.15) is 27.0 Å². The summed E-state index contributed by atoms with van der Waals surface area (Å²) in [7, 11) is 0. The number of hydrogen-bond acceptors (Lipinski definition) is 3. The Balaban J connectivity index is 1.89. The van der Waals surface area contributed by atoms with Gasteiger partial charge in [-0.15, -0.1) is 0 Å². The van der Waals surface area contributed by atoms with E-state index < -0.39 is 0 Å². The van der Waals surface area contributed by atoms with Crippen LogP contribution < -0.4 is 15.8 Å². The Morgan fingerprint density at radius 3 is 2.45 bits per heavy atom. The molecule has 0 heterocycles. The number of nitrogens with two attached hydrogens (primary N) is 1. The minimum atomic E-state index is -0.130. The number of carbonyl (C=O) groups excluding carboxylic acids is 1. The third-order valence-electron chi connectivity index (χ3n) is 3.55. The third kappa shape index (κ3) is 3.79. The zero-order valence-corrected chi connectivity index (χ0v) is 13.3. The first kappa shape index (κ1) is 15.9. The van der Waals surface area contributed by atoms with E-state index in [9.17, 15) is 4.79 Å². The number of para-hydroxylation sites is 1. The summed E-state index contributed by atoms with van der Waals surface area (Å²) in [4.78, 5) is 12.1. The van der Waals surface area contributed by atoms with Crippen LogP contribution in [0.2, 0.25) is 0 Å². The smallest absolute Gasteiger partial charge is 0.251 e. The van der Waals surface area contributed by atoms with Crippen molar-refractivity contribution in [1.82, 2.24) is 5.32 Å². The van der Waals surface area contributed by atoms with Crippen molar-refractivity contribution in [2.45, 2.75) is 20.8 Å². The third-order valence-corrected chi connectivity index (χ3v) is 3.55. The van der Waals surface area contributed by atoms with Crippen LogP contribution in [0.3, 0.4) is 0 Å². The molecule has 4 heteroatoms. The predicted octanol–water partition coefficient (Wildman–Crippen LogP) is 3.00. The summed E-state index contributed by atoms with van der Waals surface area (Å²) in [6.45, 7) is 6.79. The molecule has 0 unspecified atom stereocenters. The summed E-state index contributed by atoms with van der Waals surface area (Å²) in [6, 6.07) is 11.3. The molecule has 4 nitrogen and oxygen atoms in total. The molecule has 0 aliphatic carbocycles. The zero-order chi connectivity index (χ0) is 16.1. The van der Waals surface area contributed by atoms with Gasteiger partial charge in [0.15, 0.2) is 0 Å². The first-order valence-electron chi connectivity index (χ1n) is 7.32. The van der Waals surface area contributed by atoms with Crippen LogP contribution in [0.4, 0.5) is 5.69 Å². The number of amides is 1. The molecule has 2 rings (SSSR count). The highest BCUT2D eigenvalue weighted by Gasteiger charge is 2.09. The molecule has 0 atom stereocenters. The van der Waals surface area contributed by atoms with Gasteiger partial charge >= 0.3 is 0 Å². The molecule has 0 aromatic heterocycles. The summed E-state index contributed by atoms with van der Waals surface area (Å²) in [6.07, 6.45) is 0. The van der Waals surface area contributed by atoms with Crippen LogP contribution in [0.5, 0.6) is 5.75 Å². The second-order valence-corrected chi connectivity index (χ2v) is 5.40. The normalized spacial score (nSPS) is 10.3. The lowest BCUT2D eigenvalue weighted by molar-refractivity contribution is 0.0946. The molecule has 116 valence electrons. The Labute approximate surface area is 131 Å². The highest BCUT2D eigenvalue weighted by molar-refractivity contribution is 5.96. The van der Waals surface area contributed by atoms with Crippen molar-refractivity contribution in [1.29, 1.82) is 0 Å². The average molecular weight is 298 g/mol. The largest absolute Gasteiger partial charge is 0.491 e. The molecule has 0 bridgehead atoms. The minimum absolute atomic E-state index is 0.130. The lowest BCUT2D eigenvalue weighted by Gasteiger charge is -2.13. The molecule has 0 radical (unpaired) electrons. The van der Waals surface area contributed by atoms with Crippen LogP contribution >= 0.6 is 0 Å². The van der Waals surface area contributed by atoms with Crippen LogP contribution in [-0.2, 0) is 0 Å². The molecular formula is C18H22N2O2. The van der Waals surface area contributed by atoms with Gasteiger partial charge in [-0.3, -0.25) is 4.79 Å². The summed E-state index contributed by atoms with van der Waals surface area (Å²) >= 11 is 0. The fraction of sp³-hybridized carbons (Fsp3) is 0.278. The topological polar surface area (TPSA) is 64.4 Å². The fourth-order valence-electron chi connectivity index (χ4n) is 2.32. The predicted molar refractivity (Wildman–Crippen MR) is 89.3 cm³/mol. The van der Waals surface area contributed by atoms with Crippen molar-refractivity contribution in [3.63, 3.8) is 0 Å². The first-order chi connectivity index (χ1) is 10.5. The molecule has 0 aliphatic rings. The maximum Gasteiger partial charge on any atom is 0.251 e. The van der Waals surface area contributed by atoms with Crippen molar-refractivity contribution in [3.05, 3.63) is 58.7 Å². The maximum atomic E-state index is 12.1. The number of carbonyl (C=O) groups is 1. The number of nitrogens with one attached hydrogen (secondary N) is 1. The molecule has 0 saturated carbocycles. The van der Waals surface area contributed by atoms with E-state index in [0.717, 1.165) is 22.4 Å². The molecule has 22 heavy (non-hydrogen) atoms. The summed E-state index contributed by atoms with van der Waals surface area (Å²) in [5, 5.41) is 2.86. The van der Waals surface area contributed by atoms with Gasteiger partial charge in [0, 0.05) is 11.3 Å². The molecule has 0 spiro atoms. The van der Waals surface area contributed by atoms with E-state index in [2.05, 4.69) is 5.32 Å². The SMILES string of the molecule is Cc1ccc(N)cc1C(=O)NCCOc1c(C)cccc1C. The van der Waals surface area contributed by atoms with Crippen LogP contribution in [-0.4, -0.2) is 19.1 Å². The van der Waals surface area contributed by atoms with E-state index in [1.807, 2.05) is 45.0 Å². The Morgan fingerprint density at radius 2 is 1.77 bits per heavy atom. The van der Waals surface area contributed by atoms with Gasteiger partial charge in [0.2, 0.25) is 0 Å². The van der Waals surface area contributed by atoms with E-state index in [1.54, 1.807) is 12.1 Å². The highest BCUT2D eigenvalue weighted by atomic mass is 16.5. The molecule has 0 aliphatic heterocycles. The second kappa shape index (κ2) is 6.98. The van der Waals surface area contributed by atoms with Gasteiger partial charge in [0.05, 0.1) is 6.54 Å². The monoisotopic (exact) mass is 298 g/mol. The van der Waals surface area contributed by atoms with E-state index >= 15 is 0 Å². The van der Waals surface area contributed by atoms with Crippen molar-refractivity contribution in [2.24, 2.45) is 0 Å². The van der Waals surface area contributed by atoms with Crippen molar-refractivity contribution < 1.29 is 9.53 Å².